The number of carbonyl (C=O) groups excluding carboxylic acids is 1. The molecule has 1 rings (SSSR count). The molecule has 0 N–H and O–H groups in total. The van der Waals surface area contributed by atoms with Crippen LogP contribution in [0.1, 0.15) is 22.8 Å². The first-order valence-electron chi connectivity index (χ1n) is 5.25. The number of halogens is 1. The predicted octanol–water partition coefficient (Wildman–Crippen LogP) is 3.14. The number of ether oxygens (including phenoxy) is 3. The molecule has 5 heteroatoms. The van der Waals surface area contributed by atoms with E-state index in [1.165, 1.54) is 27.4 Å². The molecule has 0 bridgehead atoms. The predicted molar refractivity (Wildman–Crippen MR) is 70.0 cm³/mol. The van der Waals surface area contributed by atoms with E-state index in [0.717, 1.165) is 0 Å². The summed E-state index contributed by atoms with van der Waals surface area (Å²) >= 11 is 5.99. The van der Waals surface area contributed by atoms with Crippen molar-refractivity contribution in [3.63, 3.8) is 0 Å². The van der Waals surface area contributed by atoms with E-state index in [1.54, 1.807) is 12.1 Å². The van der Waals surface area contributed by atoms with Gasteiger partial charge in [0.1, 0.15) is 17.1 Å². The molecule has 0 aliphatic heterocycles. The number of hydrogen-bond donors (Lipinski definition) is 0. The second-order valence-corrected chi connectivity index (χ2v) is 3.82. The Bertz CT molecular complexity index is 480. The summed E-state index contributed by atoms with van der Waals surface area (Å²) in [4.78, 5) is 11.7. The van der Waals surface area contributed by atoms with E-state index in [4.69, 9.17) is 25.8 Å². The summed E-state index contributed by atoms with van der Waals surface area (Å²) in [6, 6.07) is 3.17. The number of benzene rings is 1. The summed E-state index contributed by atoms with van der Waals surface area (Å²) in [5, 5.41) is 0.405. The highest BCUT2D eigenvalue weighted by Gasteiger charge is 2.20. The van der Waals surface area contributed by atoms with E-state index >= 15 is 0 Å². The third-order valence-electron chi connectivity index (χ3n) is 2.41. The summed E-state index contributed by atoms with van der Waals surface area (Å²) in [5.74, 6) is 0.433. The fraction of sp³-hybridized carbons (Fsp3) is 0.308. The van der Waals surface area contributed by atoms with Gasteiger partial charge in [0.15, 0.2) is 0 Å². The van der Waals surface area contributed by atoms with Gasteiger partial charge in [0.25, 0.3) is 0 Å². The Hall–Kier alpha value is -1.68. The maximum Gasteiger partial charge on any atom is 0.341 e. The van der Waals surface area contributed by atoms with E-state index in [0.29, 0.717) is 22.1 Å². The monoisotopic (exact) mass is 270 g/mol. The number of esters is 1. The summed E-state index contributed by atoms with van der Waals surface area (Å²) in [6.45, 7) is 1.82. The van der Waals surface area contributed by atoms with Gasteiger partial charge in [-0.3, -0.25) is 0 Å². The highest BCUT2D eigenvalue weighted by molar-refractivity contribution is 6.31. The van der Waals surface area contributed by atoms with Gasteiger partial charge < -0.3 is 14.2 Å². The van der Waals surface area contributed by atoms with Gasteiger partial charge in [0.2, 0.25) is 0 Å². The first-order valence-corrected chi connectivity index (χ1v) is 5.63. The molecule has 1 aromatic carbocycles. The van der Waals surface area contributed by atoms with Crippen molar-refractivity contribution in [3.05, 3.63) is 34.4 Å². The smallest absolute Gasteiger partial charge is 0.341 e. The number of hydrogen-bond acceptors (Lipinski definition) is 4. The zero-order valence-corrected chi connectivity index (χ0v) is 11.5. The van der Waals surface area contributed by atoms with Crippen LogP contribution < -0.4 is 4.74 Å². The fourth-order valence-corrected chi connectivity index (χ4v) is 1.86. The van der Waals surface area contributed by atoms with Gasteiger partial charge in [-0.25, -0.2) is 4.79 Å². The molecule has 0 saturated heterocycles. The van der Waals surface area contributed by atoms with Crippen LogP contribution in [0.2, 0.25) is 5.02 Å². The molecule has 18 heavy (non-hydrogen) atoms. The van der Waals surface area contributed by atoms with Crippen LogP contribution in [-0.4, -0.2) is 27.3 Å². The summed E-state index contributed by atoms with van der Waals surface area (Å²) in [7, 11) is 4.31. The van der Waals surface area contributed by atoms with Crippen LogP contribution in [0.25, 0.3) is 5.76 Å². The molecule has 0 amide bonds. The third kappa shape index (κ3) is 2.76. The number of rotatable bonds is 4. The molecule has 0 aliphatic carbocycles. The molecule has 1 aromatic rings. The molecular weight excluding hydrogens is 256 g/mol. The van der Waals surface area contributed by atoms with Crippen molar-refractivity contribution >= 4 is 23.3 Å². The van der Waals surface area contributed by atoms with Crippen LogP contribution in [0, 0.1) is 0 Å². The van der Waals surface area contributed by atoms with Crippen LogP contribution in [-0.2, 0) is 9.47 Å². The molecule has 0 atom stereocenters. The van der Waals surface area contributed by atoms with E-state index in [1.807, 2.05) is 6.92 Å². The Balaban J connectivity index is 3.52. The van der Waals surface area contributed by atoms with Gasteiger partial charge in [-0.1, -0.05) is 11.6 Å². The van der Waals surface area contributed by atoms with Gasteiger partial charge in [0.05, 0.1) is 26.9 Å². The lowest BCUT2D eigenvalue weighted by Gasteiger charge is -2.14. The second-order valence-electron chi connectivity index (χ2n) is 3.38. The molecule has 0 heterocycles. The topological polar surface area (TPSA) is 44.8 Å². The maximum absolute atomic E-state index is 11.7. The van der Waals surface area contributed by atoms with Crippen molar-refractivity contribution in [1.29, 1.82) is 0 Å². The Morgan fingerprint density at radius 2 is 1.78 bits per heavy atom. The largest absolute Gasteiger partial charge is 0.496 e. The van der Waals surface area contributed by atoms with Crippen LogP contribution in [0.4, 0.5) is 0 Å². The number of carbonyl (C=O) groups is 1. The molecule has 4 nitrogen and oxygen atoms in total. The molecule has 98 valence electrons. The van der Waals surface area contributed by atoms with Crippen LogP contribution >= 0.6 is 11.6 Å². The SMILES string of the molecule is C/C=C(\OC)c1cc(Cl)cc(C(=O)OC)c1OC. The zero-order valence-electron chi connectivity index (χ0n) is 10.7. The van der Waals surface area contributed by atoms with E-state index in [-0.39, 0.29) is 5.56 Å². The Morgan fingerprint density at radius 1 is 1.17 bits per heavy atom. The average molecular weight is 271 g/mol. The van der Waals surface area contributed by atoms with Crippen molar-refractivity contribution in [2.24, 2.45) is 0 Å². The van der Waals surface area contributed by atoms with Gasteiger partial charge >= 0.3 is 5.97 Å². The molecular formula is C13H15ClO4. The van der Waals surface area contributed by atoms with E-state index in [9.17, 15) is 4.79 Å². The lowest BCUT2D eigenvalue weighted by Crippen LogP contribution is -2.06. The molecule has 0 aliphatic rings. The molecule has 0 fully saturated rings. The van der Waals surface area contributed by atoms with Gasteiger partial charge in [-0.05, 0) is 25.1 Å². The van der Waals surface area contributed by atoms with Crippen molar-refractivity contribution < 1.29 is 19.0 Å². The Morgan fingerprint density at radius 3 is 2.22 bits per heavy atom. The lowest BCUT2D eigenvalue weighted by molar-refractivity contribution is 0.0597. The molecule has 0 radical (unpaired) electrons. The van der Waals surface area contributed by atoms with Crippen LogP contribution in [0.5, 0.6) is 5.75 Å². The molecule has 0 aromatic heterocycles. The molecule has 0 unspecified atom stereocenters. The minimum absolute atomic E-state index is 0.263. The zero-order chi connectivity index (χ0) is 13.7. The van der Waals surface area contributed by atoms with Crippen LogP contribution in [0.15, 0.2) is 18.2 Å². The first-order chi connectivity index (χ1) is 8.58. The minimum Gasteiger partial charge on any atom is -0.496 e. The summed E-state index contributed by atoms with van der Waals surface area (Å²) < 4.78 is 15.2. The number of methoxy groups -OCH3 is 3. The Kier molecular flexibility index (Phi) is 5.04. The van der Waals surface area contributed by atoms with Crippen molar-refractivity contribution in [3.8, 4) is 5.75 Å². The quantitative estimate of drug-likeness (QED) is 0.623. The first kappa shape index (κ1) is 14.4. The van der Waals surface area contributed by atoms with Crippen molar-refractivity contribution in [2.45, 2.75) is 6.92 Å². The minimum atomic E-state index is -0.512. The van der Waals surface area contributed by atoms with Crippen LogP contribution in [0.3, 0.4) is 0 Å². The normalized spacial score (nSPS) is 11.1. The van der Waals surface area contributed by atoms with Gasteiger partial charge in [-0.15, -0.1) is 0 Å². The highest BCUT2D eigenvalue weighted by Crippen LogP contribution is 2.33. The van der Waals surface area contributed by atoms with E-state index < -0.39 is 5.97 Å². The highest BCUT2D eigenvalue weighted by atomic mass is 35.5. The van der Waals surface area contributed by atoms with Gasteiger partial charge in [-0.2, -0.15) is 0 Å². The van der Waals surface area contributed by atoms with E-state index in [2.05, 4.69) is 0 Å². The second kappa shape index (κ2) is 6.31. The average Bonchev–Trinajstić information content (AvgIpc) is 2.38. The standard InChI is InChI=1S/C13H15ClO4/c1-5-11(16-2)9-6-8(14)7-10(12(9)17-3)13(15)18-4/h5-7H,1-4H3/b11-5-. The van der Waals surface area contributed by atoms with Crippen molar-refractivity contribution in [1.82, 2.24) is 0 Å². The number of allylic oxidation sites excluding steroid dienone is 1. The maximum atomic E-state index is 11.7. The third-order valence-corrected chi connectivity index (χ3v) is 2.63. The molecule has 0 saturated carbocycles. The van der Waals surface area contributed by atoms with Gasteiger partial charge in [0, 0.05) is 5.02 Å². The summed E-state index contributed by atoms with van der Waals surface area (Å²) in [6.07, 6.45) is 1.76. The summed E-state index contributed by atoms with van der Waals surface area (Å²) in [5.41, 5.74) is 0.870. The fourth-order valence-electron chi connectivity index (χ4n) is 1.64. The van der Waals surface area contributed by atoms with Crippen molar-refractivity contribution in [2.75, 3.05) is 21.3 Å². The molecule has 0 spiro atoms. The Labute approximate surface area is 111 Å². The lowest BCUT2D eigenvalue weighted by atomic mass is 10.1.